The van der Waals surface area contributed by atoms with Crippen LogP contribution in [-0.4, -0.2) is 12.0 Å². The van der Waals surface area contributed by atoms with Gasteiger partial charge in [0.1, 0.15) is 0 Å². The van der Waals surface area contributed by atoms with E-state index < -0.39 is 0 Å². The molecule has 1 aliphatic carbocycles. The maximum Gasteiger partial charge on any atom is 0.0573 e. The molecule has 1 N–H and O–H groups in total. The van der Waals surface area contributed by atoms with Gasteiger partial charge in [-0.25, -0.2) is 0 Å². The predicted molar refractivity (Wildman–Crippen MR) is 53.7 cm³/mol. The SMILES string of the molecule is CNC(C)c1ccc2c(n1)CCC2. The van der Waals surface area contributed by atoms with E-state index in [2.05, 4.69) is 29.4 Å². The Hall–Kier alpha value is -0.890. The summed E-state index contributed by atoms with van der Waals surface area (Å²) in [5.41, 5.74) is 3.94. The van der Waals surface area contributed by atoms with E-state index in [0.717, 1.165) is 0 Å². The molecule has 0 amide bonds. The number of pyridine rings is 1. The average Bonchev–Trinajstić information content (AvgIpc) is 2.63. The van der Waals surface area contributed by atoms with Crippen LogP contribution in [0.25, 0.3) is 0 Å². The van der Waals surface area contributed by atoms with E-state index in [9.17, 15) is 0 Å². The molecule has 0 saturated heterocycles. The van der Waals surface area contributed by atoms with Crippen molar-refractivity contribution in [3.63, 3.8) is 0 Å². The molecule has 0 radical (unpaired) electrons. The Morgan fingerprint density at radius 3 is 3.00 bits per heavy atom. The summed E-state index contributed by atoms with van der Waals surface area (Å²) in [5, 5.41) is 3.21. The lowest BCUT2D eigenvalue weighted by Crippen LogP contribution is -2.14. The molecule has 1 unspecified atom stereocenters. The van der Waals surface area contributed by atoms with Crippen molar-refractivity contribution in [3.8, 4) is 0 Å². The Morgan fingerprint density at radius 1 is 1.38 bits per heavy atom. The van der Waals surface area contributed by atoms with Gasteiger partial charge in [0.05, 0.1) is 5.69 Å². The van der Waals surface area contributed by atoms with Gasteiger partial charge in [0.2, 0.25) is 0 Å². The third-order valence-corrected chi connectivity index (χ3v) is 2.83. The monoisotopic (exact) mass is 176 g/mol. The van der Waals surface area contributed by atoms with Crippen molar-refractivity contribution in [2.24, 2.45) is 0 Å². The van der Waals surface area contributed by atoms with Gasteiger partial charge >= 0.3 is 0 Å². The van der Waals surface area contributed by atoms with E-state index in [1.165, 1.54) is 36.2 Å². The molecule has 0 saturated carbocycles. The molecule has 1 aliphatic rings. The quantitative estimate of drug-likeness (QED) is 0.744. The summed E-state index contributed by atoms with van der Waals surface area (Å²) in [5.74, 6) is 0. The van der Waals surface area contributed by atoms with Gasteiger partial charge in [-0.15, -0.1) is 0 Å². The summed E-state index contributed by atoms with van der Waals surface area (Å²) in [4.78, 5) is 4.66. The van der Waals surface area contributed by atoms with Crippen molar-refractivity contribution in [2.45, 2.75) is 32.2 Å². The van der Waals surface area contributed by atoms with Crippen LogP contribution in [0.5, 0.6) is 0 Å². The first-order valence-corrected chi connectivity index (χ1v) is 4.97. The lowest BCUT2D eigenvalue weighted by Gasteiger charge is -2.10. The maximum absolute atomic E-state index is 4.66. The molecule has 1 aromatic heterocycles. The number of rotatable bonds is 2. The molecule has 0 fully saturated rings. The molecule has 2 nitrogen and oxygen atoms in total. The predicted octanol–water partition coefficient (Wildman–Crippen LogP) is 1.85. The van der Waals surface area contributed by atoms with E-state index in [-0.39, 0.29) is 0 Å². The molecular formula is C11H16N2. The smallest absolute Gasteiger partial charge is 0.0573 e. The summed E-state index contributed by atoms with van der Waals surface area (Å²) in [6, 6.07) is 4.75. The van der Waals surface area contributed by atoms with E-state index in [0.29, 0.717) is 6.04 Å². The minimum atomic E-state index is 0.367. The Morgan fingerprint density at radius 2 is 2.23 bits per heavy atom. The van der Waals surface area contributed by atoms with Gasteiger partial charge in [-0.05, 0) is 44.9 Å². The van der Waals surface area contributed by atoms with Crippen LogP contribution in [0.2, 0.25) is 0 Å². The van der Waals surface area contributed by atoms with E-state index in [1.54, 1.807) is 0 Å². The highest BCUT2D eigenvalue weighted by molar-refractivity contribution is 5.27. The number of hydrogen-bond acceptors (Lipinski definition) is 2. The highest BCUT2D eigenvalue weighted by Crippen LogP contribution is 2.21. The third-order valence-electron chi connectivity index (χ3n) is 2.83. The molecule has 2 heteroatoms. The molecule has 0 aliphatic heterocycles. The number of aromatic nitrogens is 1. The normalized spacial score (nSPS) is 17.1. The van der Waals surface area contributed by atoms with Crippen molar-refractivity contribution in [3.05, 3.63) is 29.1 Å². The molecule has 1 heterocycles. The van der Waals surface area contributed by atoms with Gasteiger partial charge in [0, 0.05) is 11.7 Å². The fourth-order valence-electron chi connectivity index (χ4n) is 1.83. The molecule has 2 rings (SSSR count). The van der Waals surface area contributed by atoms with Crippen molar-refractivity contribution in [1.82, 2.24) is 10.3 Å². The summed E-state index contributed by atoms with van der Waals surface area (Å²) in [7, 11) is 1.97. The van der Waals surface area contributed by atoms with Crippen molar-refractivity contribution < 1.29 is 0 Å². The second kappa shape index (κ2) is 3.46. The van der Waals surface area contributed by atoms with Crippen LogP contribution in [0.15, 0.2) is 12.1 Å². The minimum absolute atomic E-state index is 0.367. The van der Waals surface area contributed by atoms with Crippen LogP contribution in [0.4, 0.5) is 0 Å². The first kappa shape index (κ1) is 8.70. The van der Waals surface area contributed by atoms with Gasteiger partial charge in [-0.1, -0.05) is 6.07 Å². The lowest BCUT2D eigenvalue weighted by molar-refractivity contribution is 0.629. The third kappa shape index (κ3) is 1.59. The van der Waals surface area contributed by atoms with Crippen molar-refractivity contribution in [1.29, 1.82) is 0 Å². The van der Waals surface area contributed by atoms with Crippen LogP contribution in [0.1, 0.15) is 36.3 Å². The van der Waals surface area contributed by atoms with Gasteiger partial charge in [0.25, 0.3) is 0 Å². The van der Waals surface area contributed by atoms with Gasteiger partial charge < -0.3 is 5.32 Å². The van der Waals surface area contributed by atoms with Crippen LogP contribution in [-0.2, 0) is 12.8 Å². The highest BCUT2D eigenvalue weighted by Gasteiger charge is 2.13. The molecule has 1 atom stereocenters. The number of hydrogen-bond donors (Lipinski definition) is 1. The average molecular weight is 176 g/mol. The van der Waals surface area contributed by atoms with Gasteiger partial charge in [-0.2, -0.15) is 0 Å². The fourth-order valence-corrected chi connectivity index (χ4v) is 1.83. The van der Waals surface area contributed by atoms with E-state index in [1.807, 2.05) is 7.05 Å². The fraction of sp³-hybridized carbons (Fsp3) is 0.545. The van der Waals surface area contributed by atoms with Crippen LogP contribution in [0.3, 0.4) is 0 Å². The first-order chi connectivity index (χ1) is 6.31. The van der Waals surface area contributed by atoms with Gasteiger partial charge in [0.15, 0.2) is 0 Å². The number of aryl methyl sites for hydroxylation is 2. The van der Waals surface area contributed by atoms with Crippen molar-refractivity contribution >= 4 is 0 Å². The van der Waals surface area contributed by atoms with Crippen LogP contribution >= 0.6 is 0 Å². The molecule has 0 aromatic carbocycles. The Balaban J connectivity index is 2.30. The molecule has 13 heavy (non-hydrogen) atoms. The first-order valence-electron chi connectivity index (χ1n) is 4.97. The summed E-state index contributed by atoms with van der Waals surface area (Å²) in [6.45, 7) is 2.14. The zero-order valence-corrected chi connectivity index (χ0v) is 8.30. The second-order valence-electron chi connectivity index (χ2n) is 3.71. The zero-order chi connectivity index (χ0) is 9.26. The number of nitrogens with one attached hydrogen (secondary N) is 1. The lowest BCUT2D eigenvalue weighted by atomic mass is 10.1. The molecule has 70 valence electrons. The minimum Gasteiger partial charge on any atom is -0.312 e. The second-order valence-corrected chi connectivity index (χ2v) is 3.71. The summed E-state index contributed by atoms with van der Waals surface area (Å²) >= 11 is 0. The Kier molecular flexibility index (Phi) is 2.32. The molecule has 1 aromatic rings. The van der Waals surface area contributed by atoms with E-state index >= 15 is 0 Å². The summed E-state index contributed by atoms with van der Waals surface area (Å²) in [6.07, 6.45) is 3.66. The zero-order valence-electron chi connectivity index (χ0n) is 8.30. The van der Waals surface area contributed by atoms with E-state index in [4.69, 9.17) is 0 Å². The number of fused-ring (bicyclic) bond motifs is 1. The van der Waals surface area contributed by atoms with Crippen molar-refractivity contribution in [2.75, 3.05) is 7.05 Å². The molecule has 0 spiro atoms. The Labute approximate surface area is 79.4 Å². The molecular weight excluding hydrogens is 160 g/mol. The number of nitrogens with zero attached hydrogens (tertiary/aromatic N) is 1. The maximum atomic E-state index is 4.66. The van der Waals surface area contributed by atoms with Crippen LogP contribution in [0, 0.1) is 0 Å². The van der Waals surface area contributed by atoms with Crippen LogP contribution < -0.4 is 5.32 Å². The topological polar surface area (TPSA) is 24.9 Å². The standard InChI is InChI=1S/C11H16N2/c1-8(12-2)10-7-6-9-4-3-5-11(9)13-10/h6-8,12H,3-5H2,1-2H3. The largest absolute Gasteiger partial charge is 0.312 e. The summed E-state index contributed by atoms with van der Waals surface area (Å²) < 4.78 is 0. The highest BCUT2D eigenvalue weighted by atomic mass is 14.9. The van der Waals surface area contributed by atoms with Gasteiger partial charge in [-0.3, -0.25) is 4.98 Å². The molecule has 0 bridgehead atoms. The Bertz CT molecular complexity index is 307.